The van der Waals surface area contributed by atoms with E-state index in [1.54, 1.807) is 23.9 Å². The molecule has 1 amide bonds. The second-order valence-electron chi connectivity index (χ2n) is 8.74. The number of anilines is 1. The average Bonchev–Trinajstić information content (AvgIpc) is 3.43. The summed E-state index contributed by atoms with van der Waals surface area (Å²) in [7, 11) is 0. The number of nitrogens with one attached hydrogen (secondary N) is 1. The van der Waals surface area contributed by atoms with E-state index in [1.165, 1.54) is 12.8 Å². The van der Waals surface area contributed by atoms with Crippen molar-refractivity contribution < 1.29 is 9.53 Å². The third-order valence-corrected chi connectivity index (χ3v) is 6.16. The quantitative estimate of drug-likeness (QED) is 0.373. The van der Waals surface area contributed by atoms with E-state index in [0.717, 1.165) is 40.8 Å². The first-order valence-corrected chi connectivity index (χ1v) is 12.5. The third-order valence-electron chi connectivity index (χ3n) is 5.30. The fourth-order valence-corrected chi connectivity index (χ4v) is 4.55. The van der Waals surface area contributed by atoms with Gasteiger partial charge in [0.15, 0.2) is 10.8 Å². The van der Waals surface area contributed by atoms with Gasteiger partial charge in [-0.15, -0.1) is 0 Å². The van der Waals surface area contributed by atoms with Crippen molar-refractivity contribution in [1.82, 2.24) is 25.1 Å². The van der Waals surface area contributed by atoms with Gasteiger partial charge in [-0.25, -0.2) is 14.6 Å². The second-order valence-corrected chi connectivity index (χ2v) is 10.3. The van der Waals surface area contributed by atoms with Gasteiger partial charge in [-0.1, -0.05) is 25.6 Å². The molecule has 2 aromatic heterocycles. The van der Waals surface area contributed by atoms with Gasteiger partial charge in [0, 0.05) is 30.4 Å². The van der Waals surface area contributed by atoms with Gasteiger partial charge in [0.2, 0.25) is 0 Å². The molecule has 0 radical (unpaired) electrons. The summed E-state index contributed by atoms with van der Waals surface area (Å²) in [6.45, 7) is 11.2. The molecule has 9 heteroatoms. The normalized spacial score (nSPS) is 13.9. The average molecular weight is 469 g/mol. The number of rotatable bonds is 9. The van der Waals surface area contributed by atoms with E-state index >= 15 is 0 Å². The second kappa shape index (κ2) is 10.4. The molecular weight excluding hydrogens is 436 g/mol. The largest absolute Gasteiger partial charge is 0.491 e. The predicted molar refractivity (Wildman–Crippen MR) is 132 cm³/mol. The van der Waals surface area contributed by atoms with Gasteiger partial charge in [-0.3, -0.25) is 4.79 Å². The van der Waals surface area contributed by atoms with Crippen molar-refractivity contribution in [3.8, 4) is 5.75 Å². The number of benzene rings is 1. The Kier molecular flexibility index (Phi) is 7.37. The smallest absolute Gasteiger partial charge is 0.251 e. The molecule has 3 aromatic rings. The molecule has 1 aromatic carbocycles. The lowest BCUT2D eigenvalue weighted by Gasteiger charge is -2.18. The van der Waals surface area contributed by atoms with E-state index in [1.807, 2.05) is 36.9 Å². The number of amides is 1. The van der Waals surface area contributed by atoms with Gasteiger partial charge in [0.25, 0.3) is 5.91 Å². The lowest BCUT2D eigenvalue weighted by atomic mass is 10.2. The summed E-state index contributed by atoms with van der Waals surface area (Å²) in [5.74, 6) is 1.61. The van der Waals surface area contributed by atoms with E-state index in [9.17, 15) is 4.79 Å². The van der Waals surface area contributed by atoms with Crippen LogP contribution in [0.2, 0.25) is 0 Å². The molecule has 8 nitrogen and oxygen atoms in total. The maximum Gasteiger partial charge on any atom is 0.251 e. The minimum atomic E-state index is -0.119. The number of ether oxygens (including phenoxy) is 1. The molecule has 0 spiro atoms. The predicted octanol–water partition coefficient (Wildman–Crippen LogP) is 4.14. The van der Waals surface area contributed by atoms with E-state index in [-0.39, 0.29) is 12.0 Å². The van der Waals surface area contributed by atoms with Crippen molar-refractivity contribution in [2.45, 2.75) is 63.6 Å². The summed E-state index contributed by atoms with van der Waals surface area (Å²) in [5, 5.41) is 9.68. The Morgan fingerprint density at radius 1 is 1.12 bits per heavy atom. The van der Waals surface area contributed by atoms with Gasteiger partial charge < -0.3 is 15.0 Å². The molecule has 0 unspecified atom stereocenters. The highest BCUT2D eigenvalue weighted by atomic mass is 32.2. The SMILES string of the molecule is CC(C)Oc1ccc(C(=O)NCCn2ncc3c(N4CCCC4)nc(SC(C)C)nc32)cc1. The minimum Gasteiger partial charge on any atom is -0.491 e. The number of aromatic nitrogens is 4. The molecule has 176 valence electrons. The number of carbonyl (C=O) groups excluding carboxylic acids is 1. The summed E-state index contributed by atoms with van der Waals surface area (Å²) in [5.41, 5.74) is 1.42. The molecule has 33 heavy (non-hydrogen) atoms. The van der Waals surface area contributed by atoms with Crippen LogP contribution in [0.4, 0.5) is 5.82 Å². The molecule has 1 aliphatic rings. The molecular formula is C24H32N6O2S. The Balaban J connectivity index is 1.46. The van der Waals surface area contributed by atoms with Gasteiger partial charge in [0.05, 0.1) is 24.2 Å². The van der Waals surface area contributed by atoms with Crippen LogP contribution in [-0.2, 0) is 6.54 Å². The number of fused-ring (bicyclic) bond motifs is 1. The summed E-state index contributed by atoms with van der Waals surface area (Å²) in [6, 6.07) is 7.20. The Morgan fingerprint density at radius 3 is 2.52 bits per heavy atom. The highest BCUT2D eigenvalue weighted by Crippen LogP contribution is 2.30. The first-order valence-electron chi connectivity index (χ1n) is 11.6. The zero-order valence-corrected chi connectivity index (χ0v) is 20.6. The van der Waals surface area contributed by atoms with Gasteiger partial charge in [-0.2, -0.15) is 5.10 Å². The first-order chi connectivity index (χ1) is 15.9. The van der Waals surface area contributed by atoms with Crippen LogP contribution in [0.5, 0.6) is 5.75 Å². The van der Waals surface area contributed by atoms with Crippen LogP contribution in [0.25, 0.3) is 11.0 Å². The molecule has 1 fully saturated rings. The fourth-order valence-electron chi connectivity index (χ4n) is 3.85. The highest BCUT2D eigenvalue weighted by molar-refractivity contribution is 7.99. The summed E-state index contributed by atoms with van der Waals surface area (Å²) in [6.07, 6.45) is 4.32. The van der Waals surface area contributed by atoms with Crippen LogP contribution in [-0.4, -0.2) is 56.6 Å². The lowest BCUT2D eigenvalue weighted by Crippen LogP contribution is -2.27. The molecule has 1 N–H and O–H groups in total. The third kappa shape index (κ3) is 5.76. The molecule has 4 rings (SSSR count). The van der Waals surface area contributed by atoms with E-state index in [0.29, 0.717) is 23.9 Å². The van der Waals surface area contributed by atoms with Crippen LogP contribution in [0.15, 0.2) is 35.6 Å². The Bertz CT molecular complexity index is 1090. The van der Waals surface area contributed by atoms with Crippen LogP contribution in [0.3, 0.4) is 0 Å². The maximum atomic E-state index is 12.6. The van der Waals surface area contributed by atoms with Crippen LogP contribution in [0, 0.1) is 0 Å². The maximum absolute atomic E-state index is 12.6. The fraction of sp³-hybridized carbons (Fsp3) is 0.500. The highest BCUT2D eigenvalue weighted by Gasteiger charge is 2.21. The summed E-state index contributed by atoms with van der Waals surface area (Å²) in [4.78, 5) is 24.5. The molecule has 0 aliphatic carbocycles. The number of carbonyl (C=O) groups is 1. The number of hydrogen-bond acceptors (Lipinski definition) is 7. The van der Waals surface area contributed by atoms with Crippen molar-refractivity contribution in [1.29, 1.82) is 0 Å². The molecule has 0 saturated carbocycles. The van der Waals surface area contributed by atoms with Gasteiger partial charge >= 0.3 is 0 Å². The zero-order valence-electron chi connectivity index (χ0n) is 19.7. The topological polar surface area (TPSA) is 85.2 Å². The van der Waals surface area contributed by atoms with Crippen LogP contribution in [0.1, 0.15) is 50.9 Å². The Morgan fingerprint density at radius 2 is 1.85 bits per heavy atom. The number of thioether (sulfide) groups is 1. The monoisotopic (exact) mass is 468 g/mol. The van der Waals surface area contributed by atoms with Crippen molar-refractivity contribution >= 4 is 34.5 Å². The van der Waals surface area contributed by atoms with Gasteiger partial charge in [-0.05, 0) is 51.0 Å². The molecule has 3 heterocycles. The number of hydrogen-bond donors (Lipinski definition) is 1. The molecule has 0 atom stereocenters. The van der Waals surface area contributed by atoms with Crippen LogP contribution >= 0.6 is 11.8 Å². The van der Waals surface area contributed by atoms with Crippen LogP contribution < -0.4 is 15.0 Å². The zero-order chi connectivity index (χ0) is 23.4. The van der Waals surface area contributed by atoms with Crippen molar-refractivity contribution in [3.63, 3.8) is 0 Å². The number of nitrogens with zero attached hydrogens (tertiary/aromatic N) is 5. The minimum absolute atomic E-state index is 0.0998. The molecule has 1 aliphatic heterocycles. The Hall–Kier alpha value is -2.81. The summed E-state index contributed by atoms with van der Waals surface area (Å²) >= 11 is 1.66. The molecule has 1 saturated heterocycles. The van der Waals surface area contributed by atoms with Gasteiger partial charge in [0.1, 0.15) is 11.6 Å². The van der Waals surface area contributed by atoms with E-state index in [4.69, 9.17) is 14.7 Å². The first kappa shape index (κ1) is 23.4. The molecule has 0 bridgehead atoms. The van der Waals surface area contributed by atoms with Crippen molar-refractivity contribution in [2.75, 3.05) is 24.5 Å². The standard InChI is InChI=1S/C24H32N6O2S/c1-16(2)32-19-9-7-18(8-10-19)23(31)25-11-14-30-22-20(15-26-30)21(29-12-5-6-13-29)27-24(28-22)33-17(3)4/h7-10,15-17H,5-6,11-14H2,1-4H3,(H,25,31). The van der Waals surface area contributed by atoms with Crippen molar-refractivity contribution in [2.24, 2.45) is 0 Å². The Labute approximate surface area is 199 Å². The van der Waals surface area contributed by atoms with Crippen molar-refractivity contribution in [3.05, 3.63) is 36.0 Å². The van der Waals surface area contributed by atoms with E-state index in [2.05, 4.69) is 29.2 Å². The summed E-state index contributed by atoms with van der Waals surface area (Å²) < 4.78 is 7.50. The van der Waals surface area contributed by atoms with E-state index < -0.39 is 0 Å². The lowest BCUT2D eigenvalue weighted by molar-refractivity contribution is 0.0952.